The summed E-state index contributed by atoms with van der Waals surface area (Å²) in [4.78, 5) is 10.7. The molecule has 0 atom stereocenters. The first-order valence-electron chi connectivity index (χ1n) is 6.29. The number of aliphatic carboxylic acids is 1. The molecule has 0 unspecified atom stereocenters. The number of hydrogen-bond acceptors (Lipinski definition) is 2. The van der Waals surface area contributed by atoms with Gasteiger partial charge >= 0.3 is 5.97 Å². The third-order valence-electron chi connectivity index (χ3n) is 3.11. The second-order valence-electron chi connectivity index (χ2n) is 4.46. The molecule has 0 bridgehead atoms. The third kappa shape index (κ3) is 2.53. The van der Waals surface area contributed by atoms with Crippen LogP contribution in [-0.4, -0.2) is 20.9 Å². The number of carboxylic acids is 1. The Morgan fingerprint density at radius 2 is 2.00 bits per heavy atom. The predicted molar refractivity (Wildman–Crippen MR) is 82.7 cm³/mol. The fourth-order valence-corrected chi connectivity index (χ4v) is 2.46. The van der Waals surface area contributed by atoms with Crippen molar-refractivity contribution < 1.29 is 9.90 Å². The molecule has 5 heteroatoms. The molecule has 4 nitrogen and oxygen atoms in total. The summed E-state index contributed by atoms with van der Waals surface area (Å²) < 4.78 is 1.72. The number of benzene rings is 2. The van der Waals surface area contributed by atoms with Crippen LogP contribution in [0.3, 0.4) is 0 Å². The molecule has 0 spiro atoms. The van der Waals surface area contributed by atoms with Gasteiger partial charge in [0.1, 0.15) is 0 Å². The van der Waals surface area contributed by atoms with Crippen LogP contribution in [0.2, 0.25) is 5.02 Å². The average Bonchev–Trinajstić information content (AvgIpc) is 2.89. The number of rotatable bonds is 3. The van der Waals surface area contributed by atoms with Crippen molar-refractivity contribution in [3.8, 4) is 5.69 Å². The zero-order chi connectivity index (χ0) is 14.8. The van der Waals surface area contributed by atoms with E-state index in [0.29, 0.717) is 16.3 Å². The number of hydrogen-bond donors (Lipinski definition) is 1. The molecule has 0 radical (unpaired) electrons. The summed E-state index contributed by atoms with van der Waals surface area (Å²) in [6.07, 6.45) is 4.35. The van der Waals surface area contributed by atoms with Crippen molar-refractivity contribution in [3.05, 3.63) is 65.3 Å². The van der Waals surface area contributed by atoms with Gasteiger partial charge in [-0.2, -0.15) is 5.10 Å². The molecule has 0 aliphatic rings. The minimum absolute atomic E-state index is 0.511. The van der Waals surface area contributed by atoms with E-state index in [2.05, 4.69) is 5.10 Å². The standard InChI is InChI=1S/C16H11ClN2O2/c17-13-6-3-5-11(8-9-15(20)21)16(13)19-14-7-2-1-4-12(14)10-18-19/h1-10H,(H,20,21)/b9-8+. The molecule has 3 aromatic rings. The van der Waals surface area contributed by atoms with Gasteiger partial charge in [-0.25, -0.2) is 9.48 Å². The summed E-state index contributed by atoms with van der Waals surface area (Å²) in [7, 11) is 0. The largest absolute Gasteiger partial charge is 0.478 e. The van der Waals surface area contributed by atoms with Gasteiger partial charge in [-0.3, -0.25) is 0 Å². The van der Waals surface area contributed by atoms with Crippen LogP contribution < -0.4 is 0 Å². The van der Waals surface area contributed by atoms with Gasteiger partial charge in [-0.05, 0) is 18.2 Å². The van der Waals surface area contributed by atoms with Crippen molar-refractivity contribution in [2.45, 2.75) is 0 Å². The molecular formula is C16H11ClN2O2. The van der Waals surface area contributed by atoms with Crippen LogP contribution in [0, 0.1) is 0 Å². The van der Waals surface area contributed by atoms with Crippen molar-refractivity contribution in [2.75, 3.05) is 0 Å². The van der Waals surface area contributed by atoms with Gasteiger partial charge in [0, 0.05) is 17.0 Å². The molecule has 104 valence electrons. The lowest BCUT2D eigenvalue weighted by Crippen LogP contribution is -2.00. The van der Waals surface area contributed by atoms with Crippen LogP contribution in [0.15, 0.2) is 54.7 Å². The van der Waals surface area contributed by atoms with Crippen LogP contribution >= 0.6 is 11.6 Å². The van der Waals surface area contributed by atoms with Crippen molar-refractivity contribution in [2.24, 2.45) is 0 Å². The molecule has 1 aromatic heterocycles. The Morgan fingerprint density at radius 1 is 1.19 bits per heavy atom. The van der Waals surface area contributed by atoms with Crippen molar-refractivity contribution >= 4 is 34.5 Å². The number of halogens is 1. The van der Waals surface area contributed by atoms with Crippen molar-refractivity contribution in [1.29, 1.82) is 0 Å². The second-order valence-corrected chi connectivity index (χ2v) is 4.87. The van der Waals surface area contributed by atoms with Gasteiger partial charge in [0.2, 0.25) is 0 Å². The molecule has 0 amide bonds. The number of para-hydroxylation sites is 2. The summed E-state index contributed by atoms with van der Waals surface area (Å²) in [5.41, 5.74) is 2.27. The molecule has 21 heavy (non-hydrogen) atoms. The highest BCUT2D eigenvalue weighted by Crippen LogP contribution is 2.28. The van der Waals surface area contributed by atoms with Gasteiger partial charge in [0.05, 0.1) is 22.4 Å². The highest BCUT2D eigenvalue weighted by atomic mass is 35.5. The van der Waals surface area contributed by atoms with E-state index >= 15 is 0 Å². The minimum atomic E-state index is -1.01. The van der Waals surface area contributed by atoms with Crippen LogP contribution in [-0.2, 0) is 4.79 Å². The zero-order valence-corrected chi connectivity index (χ0v) is 11.7. The normalized spacial score (nSPS) is 11.3. The van der Waals surface area contributed by atoms with Crippen LogP contribution in [0.5, 0.6) is 0 Å². The highest BCUT2D eigenvalue weighted by Gasteiger charge is 2.11. The van der Waals surface area contributed by atoms with Gasteiger partial charge in [0.25, 0.3) is 0 Å². The molecule has 2 aromatic carbocycles. The van der Waals surface area contributed by atoms with E-state index in [0.717, 1.165) is 17.0 Å². The summed E-state index contributed by atoms with van der Waals surface area (Å²) in [6, 6.07) is 13.1. The van der Waals surface area contributed by atoms with E-state index in [-0.39, 0.29) is 0 Å². The van der Waals surface area contributed by atoms with Gasteiger partial charge in [0.15, 0.2) is 0 Å². The highest BCUT2D eigenvalue weighted by molar-refractivity contribution is 6.32. The Kier molecular flexibility index (Phi) is 3.46. The third-order valence-corrected chi connectivity index (χ3v) is 3.42. The quantitative estimate of drug-likeness (QED) is 0.749. The maximum Gasteiger partial charge on any atom is 0.328 e. The average molecular weight is 299 g/mol. The molecule has 1 N–H and O–H groups in total. The molecule has 3 rings (SSSR count). The van der Waals surface area contributed by atoms with Gasteiger partial charge < -0.3 is 5.11 Å². The molecule has 0 fully saturated rings. The maximum absolute atomic E-state index is 10.7. The van der Waals surface area contributed by atoms with E-state index in [1.54, 1.807) is 29.1 Å². The fourth-order valence-electron chi connectivity index (χ4n) is 2.20. The summed E-state index contributed by atoms with van der Waals surface area (Å²) in [6.45, 7) is 0. The molecule has 0 aliphatic carbocycles. The number of carboxylic acid groups (broad SMARTS) is 1. The number of aromatic nitrogens is 2. The lowest BCUT2D eigenvalue weighted by molar-refractivity contribution is -0.131. The zero-order valence-electron chi connectivity index (χ0n) is 10.9. The molecule has 0 saturated heterocycles. The van der Waals surface area contributed by atoms with Crippen molar-refractivity contribution in [3.63, 3.8) is 0 Å². The van der Waals surface area contributed by atoms with Gasteiger partial charge in [-0.1, -0.05) is 41.9 Å². The first-order valence-corrected chi connectivity index (χ1v) is 6.67. The summed E-state index contributed by atoms with van der Waals surface area (Å²) in [5.74, 6) is -1.01. The van der Waals surface area contributed by atoms with E-state index in [4.69, 9.17) is 16.7 Å². The molecule has 0 saturated carbocycles. The Bertz CT molecular complexity index is 852. The Balaban J connectivity index is 2.24. The van der Waals surface area contributed by atoms with Crippen LogP contribution in [0.1, 0.15) is 5.56 Å². The number of fused-ring (bicyclic) bond motifs is 1. The Labute approximate surface area is 125 Å². The van der Waals surface area contributed by atoms with E-state index < -0.39 is 5.97 Å². The minimum Gasteiger partial charge on any atom is -0.478 e. The first kappa shape index (κ1) is 13.4. The summed E-state index contributed by atoms with van der Waals surface area (Å²) >= 11 is 6.29. The van der Waals surface area contributed by atoms with Crippen LogP contribution in [0.25, 0.3) is 22.7 Å². The molecule has 1 heterocycles. The monoisotopic (exact) mass is 298 g/mol. The Hall–Kier alpha value is -2.59. The fraction of sp³-hybridized carbons (Fsp3) is 0. The van der Waals surface area contributed by atoms with E-state index in [1.807, 2.05) is 24.3 Å². The smallest absolute Gasteiger partial charge is 0.328 e. The van der Waals surface area contributed by atoms with Gasteiger partial charge in [-0.15, -0.1) is 0 Å². The SMILES string of the molecule is O=C(O)/C=C/c1cccc(Cl)c1-n1ncc2ccccc21. The number of carbonyl (C=O) groups is 1. The lowest BCUT2D eigenvalue weighted by atomic mass is 10.1. The van der Waals surface area contributed by atoms with E-state index in [1.165, 1.54) is 6.08 Å². The predicted octanol–water partition coefficient (Wildman–Crippen LogP) is 3.78. The lowest BCUT2D eigenvalue weighted by Gasteiger charge is -2.10. The number of nitrogens with zero attached hydrogens (tertiary/aromatic N) is 2. The summed E-state index contributed by atoms with van der Waals surface area (Å²) in [5, 5.41) is 14.7. The molecular weight excluding hydrogens is 288 g/mol. The maximum atomic E-state index is 10.7. The topological polar surface area (TPSA) is 55.1 Å². The molecule has 0 aliphatic heterocycles. The first-order chi connectivity index (χ1) is 10.2. The van der Waals surface area contributed by atoms with E-state index in [9.17, 15) is 4.79 Å². The second kappa shape index (κ2) is 5.42. The van der Waals surface area contributed by atoms with Crippen molar-refractivity contribution in [1.82, 2.24) is 9.78 Å². The Morgan fingerprint density at radius 3 is 2.81 bits per heavy atom. The van der Waals surface area contributed by atoms with Crippen LogP contribution in [0.4, 0.5) is 0 Å².